The van der Waals surface area contributed by atoms with Crippen molar-refractivity contribution in [1.82, 2.24) is 9.97 Å². The van der Waals surface area contributed by atoms with Crippen molar-refractivity contribution in [3.05, 3.63) is 34.6 Å². The highest BCUT2D eigenvalue weighted by atomic mass is 35.5. The van der Waals surface area contributed by atoms with Crippen molar-refractivity contribution in [2.24, 2.45) is 0 Å². The molecule has 4 nitrogen and oxygen atoms in total. The number of aryl methyl sites for hydroxylation is 2. The van der Waals surface area contributed by atoms with Crippen LogP contribution >= 0.6 is 11.6 Å². The van der Waals surface area contributed by atoms with Gasteiger partial charge >= 0.3 is 0 Å². The molecule has 0 aliphatic heterocycles. The summed E-state index contributed by atoms with van der Waals surface area (Å²) < 4.78 is 11.9. The number of nitrogens with zero attached hydrogens (tertiary/aromatic N) is 2. The number of hydrogen-bond donors (Lipinski definition) is 0. The van der Waals surface area contributed by atoms with Crippen molar-refractivity contribution in [1.29, 1.82) is 0 Å². The summed E-state index contributed by atoms with van der Waals surface area (Å²) in [7, 11) is 0. The summed E-state index contributed by atoms with van der Waals surface area (Å²) in [6.07, 6.45) is 3.68. The van der Waals surface area contributed by atoms with Gasteiger partial charge in [-0.3, -0.25) is 0 Å². The van der Waals surface area contributed by atoms with Crippen LogP contribution in [0.4, 0.5) is 0 Å². The van der Waals surface area contributed by atoms with E-state index in [9.17, 15) is 0 Å². The van der Waals surface area contributed by atoms with Gasteiger partial charge in [0, 0.05) is 5.56 Å². The van der Waals surface area contributed by atoms with Gasteiger partial charge in [0.05, 0.1) is 28.6 Å². The van der Waals surface area contributed by atoms with E-state index in [0.717, 1.165) is 54.1 Å². The largest absolute Gasteiger partial charge is 0.491 e. The third-order valence-electron chi connectivity index (χ3n) is 4.43. The molecule has 0 N–H and O–H groups in total. The van der Waals surface area contributed by atoms with Gasteiger partial charge in [-0.15, -0.1) is 0 Å². The van der Waals surface area contributed by atoms with E-state index in [-0.39, 0.29) is 12.2 Å². The van der Waals surface area contributed by atoms with Gasteiger partial charge in [-0.05, 0) is 57.7 Å². The minimum atomic E-state index is 0.103. The molecule has 0 bridgehead atoms. The van der Waals surface area contributed by atoms with Crippen LogP contribution in [0.1, 0.15) is 65.8 Å². The molecule has 0 unspecified atom stereocenters. The second kappa shape index (κ2) is 9.93. The van der Waals surface area contributed by atoms with E-state index in [2.05, 4.69) is 27.7 Å². The van der Waals surface area contributed by atoms with Gasteiger partial charge in [0.1, 0.15) is 11.4 Å². The lowest BCUT2D eigenvalue weighted by Gasteiger charge is -2.19. The van der Waals surface area contributed by atoms with E-state index < -0.39 is 0 Å². The first-order valence-electron chi connectivity index (χ1n) is 9.96. The van der Waals surface area contributed by atoms with Crippen LogP contribution in [0.25, 0.3) is 11.3 Å². The predicted octanol–water partition coefficient (Wildman–Crippen LogP) is 6.28. The number of halogens is 1. The van der Waals surface area contributed by atoms with Gasteiger partial charge in [0.15, 0.2) is 0 Å². The number of ether oxygens (including phenoxy) is 2. The Morgan fingerprint density at radius 2 is 1.59 bits per heavy atom. The summed E-state index contributed by atoms with van der Waals surface area (Å²) in [4.78, 5) is 9.70. The molecule has 0 saturated heterocycles. The van der Waals surface area contributed by atoms with Crippen LogP contribution in [0.15, 0.2) is 18.2 Å². The fourth-order valence-electron chi connectivity index (χ4n) is 2.92. The molecule has 0 amide bonds. The summed E-state index contributed by atoms with van der Waals surface area (Å²) in [5.74, 6) is 1.41. The van der Waals surface area contributed by atoms with Gasteiger partial charge in [-0.25, -0.2) is 9.97 Å². The summed E-state index contributed by atoms with van der Waals surface area (Å²) >= 11 is 6.56. The zero-order valence-electron chi connectivity index (χ0n) is 17.3. The van der Waals surface area contributed by atoms with Crippen LogP contribution in [0.2, 0.25) is 5.02 Å². The maximum Gasteiger partial charge on any atom is 0.236 e. The van der Waals surface area contributed by atoms with Gasteiger partial charge in [0.2, 0.25) is 5.88 Å². The van der Waals surface area contributed by atoms with E-state index in [4.69, 9.17) is 31.0 Å². The molecule has 27 heavy (non-hydrogen) atoms. The molecular formula is C22H31ClN2O2. The molecule has 1 aromatic carbocycles. The average molecular weight is 391 g/mol. The van der Waals surface area contributed by atoms with Crippen LogP contribution in [-0.2, 0) is 12.8 Å². The molecule has 1 aromatic heterocycles. The predicted molar refractivity (Wildman–Crippen MR) is 112 cm³/mol. The highest BCUT2D eigenvalue weighted by Crippen LogP contribution is 2.34. The molecule has 0 atom stereocenters. The van der Waals surface area contributed by atoms with E-state index in [0.29, 0.717) is 10.9 Å². The normalized spacial score (nSPS) is 11.3. The lowest BCUT2D eigenvalue weighted by atomic mass is 10.1. The molecule has 0 fully saturated rings. The molecule has 0 radical (unpaired) electrons. The smallest absolute Gasteiger partial charge is 0.236 e. The molecule has 0 aliphatic rings. The maximum atomic E-state index is 6.56. The molecule has 2 aromatic rings. The molecule has 0 spiro atoms. The van der Waals surface area contributed by atoms with E-state index in [1.807, 2.05) is 32.0 Å². The topological polar surface area (TPSA) is 44.2 Å². The SMILES string of the molecule is CCc1nc(-c2ccc(OC(C)C)cc2Cl)c(CC)nc1OC(CC)CC. The van der Waals surface area contributed by atoms with Crippen molar-refractivity contribution >= 4 is 11.6 Å². The zero-order chi connectivity index (χ0) is 20.0. The Kier molecular flexibility index (Phi) is 7.91. The first-order chi connectivity index (χ1) is 12.9. The van der Waals surface area contributed by atoms with Crippen molar-refractivity contribution in [3.63, 3.8) is 0 Å². The summed E-state index contributed by atoms with van der Waals surface area (Å²) in [6, 6.07) is 5.74. The van der Waals surface area contributed by atoms with Crippen molar-refractivity contribution in [2.45, 2.75) is 79.4 Å². The van der Waals surface area contributed by atoms with Crippen LogP contribution in [0.3, 0.4) is 0 Å². The molecule has 2 rings (SSSR count). The summed E-state index contributed by atoms with van der Waals surface area (Å²) in [6.45, 7) is 12.4. The minimum absolute atomic E-state index is 0.103. The lowest BCUT2D eigenvalue weighted by molar-refractivity contribution is 0.181. The summed E-state index contributed by atoms with van der Waals surface area (Å²) in [5, 5.41) is 0.618. The highest BCUT2D eigenvalue weighted by molar-refractivity contribution is 6.33. The first-order valence-corrected chi connectivity index (χ1v) is 10.3. The Bertz CT molecular complexity index is 758. The molecular weight excluding hydrogens is 360 g/mol. The Labute approximate surface area is 168 Å². The Hall–Kier alpha value is -1.81. The van der Waals surface area contributed by atoms with E-state index >= 15 is 0 Å². The van der Waals surface area contributed by atoms with Crippen LogP contribution < -0.4 is 9.47 Å². The minimum Gasteiger partial charge on any atom is -0.491 e. The Balaban J connectivity index is 2.47. The van der Waals surface area contributed by atoms with Gasteiger partial charge in [0.25, 0.3) is 0 Å². The molecule has 5 heteroatoms. The second-order valence-corrected chi connectivity index (χ2v) is 7.25. The van der Waals surface area contributed by atoms with Crippen LogP contribution in [-0.4, -0.2) is 22.2 Å². The quantitative estimate of drug-likeness (QED) is 0.505. The van der Waals surface area contributed by atoms with Crippen molar-refractivity contribution in [2.75, 3.05) is 0 Å². The molecule has 0 aliphatic carbocycles. The highest BCUT2D eigenvalue weighted by Gasteiger charge is 2.18. The third kappa shape index (κ3) is 5.35. The standard InChI is InChI=1S/C22H31ClN2O2/c1-7-15(8-2)27-22-20(10-4)24-21(19(9-3)25-22)17-12-11-16(13-18(17)23)26-14(5)6/h11-15H,7-10H2,1-6H3. The summed E-state index contributed by atoms with van der Waals surface area (Å²) in [5.41, 5.74) is 3.47. The third-order valence-corrected chi connectivity index (χ3v) is 4.74. The fourth-order valence-corrected chi connectivity index (χ4v) is 3.18. The molecule has 0 saturated carbocycles. The van der Waals surface area contributed by atoms with E-state index in [1.165, 1.54) is 0 Å². The van der Waals surface area contributed by atoms with E-state index in [1.54, 1.807) is 0 Å². The first kappa shape index (κ1) is 21.5. The Morgan fingerprint density at radius 1 is 0.926 bits per heavy atom. The second-order valence-electron chi connectivity index (χ2n) is 6.84. The monoisotopic (exact) mass is 390 g/mol. The number of aromatic nitrogens is 2. The van der Waals surface area contributed by atoms with Crippen molar-refractivity contribution in [3.8, 4) is 22.9 Å². The number of rotatable bonds is 9. The lowest BCUT2D eigenvalue weighted by Crippen LogP contribution is -2.17. The number of benzene rings is 1. The van der Waals surface area contributed by atoms with Gasteiger partial charge in [-0.2, -0.15) is 0 Å². The van der Waals surface area contributed by atoms with Crippen LogP contribution in [0.5, 0.6) is 11.6 Å². The average Bonchev–Trinajstić information content (AvgIpc) is 2.65. The van der Waals surface area contributed by atoms with Gasteiger partial charge < -0.3 is 9.47 Å². The zero-order valence-corrected chi connectivity index (χ0v) is 18.1. The van der Waals surface area contributed by atoms with Gasteiger partial charge in [-0.1, -0.05) is 39.3 Å². The maximum absolute atomic E-state index is 6.56. The fraction of sp³-hybridized carbons (Fsp3) is 0.545. The van der Waals surface area contributed by atoms with Crippen LogP contribution in [0, 0.1) is 0 Å². The van der Waals surface area contributed by atoms with Crippen molar-refractivity contribution < 1.29 is 9.47 Å². The number of hydrogen-bond acceptors (Lipinski definition) is 4. The molecule has 1 heterocycles. The Morgan fingerprint density at radius 3 is 2.11 bits per heavy atom. The molecule has 148 valence electrons.